The van der Waals surface area contributed by atoms with Crippen molar-refractivity contribution in [1.82, 2.24) is 5.32 Å². The average Bonchev–Trinajstić information content (AvgIpc) is 2.28. The van der Waals surface area contributed by atoms with E-state index in [1.165, 1.54) is 0 Å². The van der Waals surface area contributed by atoms with Crippen LogP contribution in [0.3, 0.4) is 0 Å². The molecule has 0 aromatic carbocycles. The fourth-order valence-electron chi connectivity index (χ4n) is 2.77. The van der Waals surface area contributed by atoms with Gasteiger partial charge >= 0.3 is 0 Å². The third-order valence-corrected chi connectivity index (χ3v) is 4.23. The summed E-state index contributed by atoms with van der Waals surface area (Å²) in [4.78, 5) is 12.0. The van der Waals surface area contributed by atoms with Crippen LogP contribution in [0.2, 0.25) is 0 Å². The molecule has 1 amide bonds. The highest BCUT2D eigenvalue weighted by atomic mass is 16.5. The van der Waals surface area contributed by atoms with Crippen molar-refractivity contribution in [3.05, 3.63) is 0 Å². The Morgan fingerprint density at radius 1 is 1.35 bits per heavy atom. The van der Waals surface area contributed by atoms with Crippen molar-refractivity contribution in [1.29, 1.82) is 0 Å². The second kappa shape index (κ2) is 4.25. The van der Waals surface area contributed by atoms with Crippen molar-refractivity contribution in [3.63, 3.8) is 0 Å². The van der Waals surface area contributed by atoms with Crippen LogP contribution in [0, 0.1) is 10.8 Å². The van der Waals surface area contributed by atoms with Crippen molar-refractivity contribution < 1.29 is 14.6 Å². The molecule has 1 aliphatic heterocycles. The highest BCUT2D eigenvalue weighted by Gasteiger charge is 2.55. The van der Waals surface area contributed by atoms with Crippen molar-refractivity contribution in [2.75, 3.05) is 13.2 Å². The summed E-state index contributed by atoms with van der Waals surface area (Å²) in [5.41, 5.74) is -0.494. The van der Waals surface area contributed by atoms with E-state index < -0.39 is 0 Å². The molecule has 1 aliphatic carbocycles. The number of carbonyl (C=O) groups is 1. The zero-order chi connectivity index (χ0) is 12.7. The molecule has 0 aromatic rings. The number of rotatable bonds is 1. The van der Waals surface area contributed by atoms with E-state index in [9.17, 15) is 9.90 Å². The predicted octanol–water partition coefficient (Wildman–Crippen LogP) is 1.08. The summed E-state index contributed by atoms with van der Waals surface area (Å²) in [6.07, 6.45) is 2.10. The number of aliphatic hydroxyl groups is 1. The van der Waals surface area contributed by atoms with Crippen LogP contribution < -0.4 is 5.32 Å². The van der Waals surface area contributed by atoms with Crippen LogP contribution in [0.4, 0.5) is 0 Å². The molecule has 4 heteroatoms. The maximum Gasteiger partial charge on any atom is 0.225 e. The highest BCUT2D eigenvalue weighted by molar-refractivity contribution is 5.81. The Hall–Kier alpha value is -0.610. The number of nitrogens with one attached hydrogen (secondary N) is 1. The van der Waals surface area contributed by atoms with Gasteiger partial charge in [0.2, 0.25) is 5.91 Å². The molecule has 98 valence electrons. The molecule has 1 spiro atoms. The summed E-state index contributed by atoms with van der Waals surface area (Å²) >= 11 is 0. The molecule has 1 saturated heterocycles. The second-order valence-electron chi connectivity index (χ2n) is 6.37. The van der Waals surface area contributed by atoms with Gasteiger partial charge < -0.3 is 15.2 Å². The Bertz CT molecular complexity index is 302. The SMILES string of the molecule is CC(C)(C)C(=O)NC1CC(O)C12CCOCC2. The standard InChI is InChI=1S/C13H23NO3/c1-12(2,3)11(16)14-9-8-10(15)13(9)4-6-17-7-5-13/h9-10,15H,4-8H2,1-3H3,(H,14,16). The Kier molecular flexibility index (Phi) is 3.21. The minimum absolute atomic E-state index is 0.0697. The lowest BCUT2D eigenvalue weighted by atomic mass is 9.57. The Labute approximate surface area is 103 Å². The third kappa shape index (κ3) is 2.20. The molecule has 1 saturated carbocycles. The van der Waals surface area contributed by atoms with Gasteiger partial charge in [-0.2, -0.15) is 0 Å². The Morgan fingerprint density at radius 3 is 2.41 bits per heavy atom. The van der Waals surface area contributed by atoms with Gasteiger partial charge in [-0.05, 0) is 19.3 Å². The molecule has 1 heterocycles. The fraction of sp³-hybridized carbons (Fsp3) is 0.923. The molecule has 2 rings (SSSR count). The first-order valence-corrected chi connectivity index (χ1v) is 6.43. The minimum Gasteiger partial charge on any atom is -0.392 e. The van der Waals surface area contributed by atoms with E-state index in [2.05, 4.69) is 5.32 Å². The van der Waals surface area contributed by atoms with Crippen LogP contribution in [0.1, 0.15) is 40.0 Å². The van der Waals surface area contributed by atoms with E-state index in [1.54, 1.807) is 0 Å². The monoisotopic (exact) mass is 241 g/mol. The van der Waals surface area contributed by atoms with Crippen LogP contribution in [0.15, 0.2) is 0 Å². The summed E-state index contributed by atoms with van der Waals surface area (Å²) in [6, 6.07) is 0.119. The van der Waals surface area contributed by atoms with Crippen molar-refractivity contribution in [3.8, 4) is 0 Å². The number of aliphatic hydroxyl groups excluding tert-OH is 1. The first-order chi connectivity index (χ1) is 7.86. The van der Waals surface area contributed by atoms with E-state index in [1.807, 2.05) is 20.8 Å². The van der Waals surface area contributed by atoms with E-state index in [-0.39, 0.29) is 28.9 Å². The third-order valence-electron chi connectivity index (χ3n) is 4.23. The van der Waals surface area contributed by atoms with E-state index in [4.69, 9.17) is 4.74 Å². The molecule has 2 aliphatic rings. The van der Waals surface area contributed by atoms with Gasteiger partial charge in [0.1, 0.15) is 0 Å². The van der Waals surface area contributed by atoms with Gasteiger partial charge in [-0.25, -0.2) is 0 Å². The van der Waals surface area contributed by atoms with Gasteiger partial charge in [0.25, 0.3) is 0 Å². The van der Waals surface area contributed by atoms with Crippen molar-refractivity contribution in [2.45, 2.75) is 52.2 Å². The van der Waals surface area contributed by atoms with Crippen LogP contribution in [-0.4, -0.2) is 36.4 Å². The number of ether oxygens (including phenoxy) is 1. The maximum absolute atomic E-state index is 12.0. The molecular weight excluding hydrogens is 218 g/mol. The molecule has 2 fully saturated rings. The van der Waals surface area contributed by atoms with Gasteiger partial charge in [-0.1, -0.05) is 20.8 Å². The first-order valence-electron chi connectivity index (χ1n) is 6.43. The fourth-order valence-corrected chi connectivity index (χ4v) is 2.77. The molecule has 2 unspecified atom stereocenters. The van der Waals surface area contributed by atoms with Crippen molar-refractivity contribution >= 4 is 5.91 Å². The molecule has 0 radical (unpaired) electrons. The summed E-state index contributed by atoms with van der Waals surface area (Å²) in [5.74, 6) is 0.0697. The van der Waals surface area contributed by atoms with Gasteiger partial charge in [0.15, 0.2) is 0 Å². The molecule has 17 heavy (non-hydrogen) atoms. The number of amides is 1. The number of hydrogen-bond acceptors (Lipinski definition) is 3. The maximum atomic E-state index is 12.0. The molecular formula is C13H23NO3. The molecule has 2 N–H and O–H groups in total. The average molecular weight is 241 g/mol. The molecule has 2 atom stereocenters. The summed E-state index contributed by atoms with van der Waals surface area (Å²) in [7, 11) is 0. The van der Waals surface area contributed by atoms with E-state index in [0.717, 1.165) is 12.8 Å². The van der Waals surface area contributed by atoms with Gasteiger partial charge in [0, 0.05) is 30.1 Å². The summed E-state index contributed by atoms with van der Waals surface area (Å²) in [5, 5.41) is 13.1. The minimum atomic E-state index is -0.368. The number of carbonyl (C=O) groups excluding carboxylic acids is 1. The van der Waals surface area contributed by atoms with Gasteiger partial charge in [-0.15, -0.1) is 0 Å². The smallest absolute Gasteiger partial charge is 0.225 e. The van der Waals surface area contributed by atoms with E-state index >= 15 is 0 Å². The topological polar surface area (TPSA) is 58.6 Å². The molecule has 4 nitrogen and oxygen atoms in total. The zero-order valence-electron chi connectivity index (χ0n) is 11.0. The lowest BCUT2D eigenvalue weighted by Gasteiger charge is -2.56. The lowest BCUT2D eigenvalue weighted by Crippen LogP contribution is -2.66. The predicted molar refractivity (Wildman–Crippen MR) is 64.5 cm³/mol. The Morgan fingerprint density at radius 2 is 1.94 bits per heavy atom. The van der Waals surface area contributed by atoms with Crippen LogP contribution >= 0.6 is 0 Å². The first kappa shape index (κ1) is 12.8. The normalized spacial score (nSPS) is 32.0. The van der Waals surface area contributed by atoms with Crippen LogP contribution in [0.5, 0.6) is 0 Å². The zero-order valence-corrected chi connectivity index (χ0v) is 11.0. The van der Waals surface area contributed by atoms with Crippen LogP contribution in [0.25, 0.3) is 0 Å². The largest absolute Gasteiger partial charge is 0.392 e. The van der Waals surface area contributed by atoms with Crippen molar-refractivity contribution in [2.24, 2.45) is 10.8 Å². The quantitative estimate of drug-likeness (QED) is 0.722. The van der Waals surface area contributed by atoms with Crippen LogP contribution in [-0.2, 0) is 9.53 Å². The summed E-state index contributed by atoms with van der Waals surface area (Å²) < 4.78 is 5.35. The Balaban J connectivity index is 2.00. The number of hydrogen-bond donors (Lipinski definition) is 2. The summed E-state index contributed by atoms with van der Waals surface area (Å²) in [6.45, 7) is 7.12. The van der Waals surface area contributed by atoms with Gasteiger partial charge in [-0.3, -0.25) is 4.79 Å². The lowest BCUT2D eigenvalue weighted by molar-refractivity contribution is -0.159. The second-order valence-corrected chi connectivity index (χ2v) is 6.37. The highest BCUT2D eigenvalue weighted by Crippen LogP contribution is 2.49. The molecule has 0 bridgehead atoms. The van der Waals surface area contributed by atoms with Gasteiger partial charge in [0.05, 0.1) is 6.10 Å². The van der Waals surface area contributed by atoms with E-state index in [0.29, 0.717) is 19.6 Å². The molecule has 0 aromatic heterocycles.